The van der Waals surface area contributed by atoms with E-state index in [0.717, 1.165) is 43.7 Å². The van der Waals surface area contributed by atoms with Crippen molar-refractivity contribution in [1.82, 2.24) is 14.8 Å². The summed E-state index contributed by atoms with van der Waals surface area (Å²) in [5.74, 6) is 0.691. The van der Waals surface area contributed by atoms with Crippen LogP contribution in [0, 0.1) is 0 Å². The van der Waals surface area contributed by atoms with Gasteiger partial charge in [0.2, 0.25) is 0 Å². The molecule has 6 nitrogen and oxygen atoms in total. The molecule has 0 unspecified atom stereocenters. The molecular weight excluding hydrogens is 398 g/mol. The zero-order valence-electron chi connectivity index (χ0n) is 18.1. The molecule has 30 heavy (non-hydrogen) atoms. The molecule has 1 amide bonds. The van der Waals surface area contributed by atoms with E-state index in [1.54, 1.807) is 24.7 Å². The van der Waals surface area contributed by atoms with Crippen molar-refractivity contribution in [2.24, 2.45) is 0 Å². The van der Waals surface area contributed by atoms with Crippen LogP contribution in [0.4, 0.5) is 0 Å². The molecule has 1 aliphatic rings. The molecule has 1 aromatic carbocycles. The average Bonchev–Trinajstić information content (AvgIpc) is 3.32. The molecule has 0 spiro atoms. The molecule has 0 atom stereocenters. The van der Waals surface area contributed by atoms with E-state index in [9.17, 15) is 4.79 Å². The van der Waals surface area contributed by atoms with E-state index < -0.39 is 0 Å². The van der Waals surface area contributed by atoms with Crippen LogP contribution in [-0.4, -0.2) is 54.0 Å². The summed E-state index contributed by atoms with van der Waals surface area (Å²) in [5.41, 5.74) is 2.49. The van der Waals surface area contributed by atoms with Crippen LogP contribution in [-0.2, 0) is 12.0 Å². The lowest BCUT2D eigenvalue weighted by Crippen LogP contribution is -2.35. The topological polar surface area (TPSA) is 58.8 Å². The molecule has 3 heterocycles. The normalized spacial score (nSPS) is 16.1. The van der Waals surface area contributed by atoms with Gasteiger partial charge in [0.1, 0.15) is 11.3 Å². The third-order valence-corrected chi connectivity index (χ3v) is 6.77. The van der Waals surface area contributed by atoms with Crippen molar-refractivity contribution in [3.63, 3.8) is 0 Å². The molecular formula is C23H29N3O3S. The highest BCUT2D eigenvalue weighted by Gasteiger charge is 2.23. The maximum atomic E-state index is 13.2. The van der Waals surface area contributed by atoms with Gasteiger partial charge >= 0.3 is 0 Å². The number of fused-ring (bicyclic) bond motifs is 1. The van der Waals surface area contributed by atoms with Crippen molar-refractivity contribution in [3.05, 3.63) is 46.1 Å². The second-order valence-corrected chi connectivity index (χ2v) is 9.68. The molecule has 0 bridgehead atoms. The van der Waals surface area contributed by atoms with E-state index in [-0.39, 0.29) is 11.3 Å². The lowest BCUT2D eigenvalue weighted by Gasteiger charge is -2.22. The van der Waals surface area contributed by atoms with E-state index in [0.29, 0.717) is 23.4 Å². The Labute approximate surface area is 181 Å². The lowest BCUT2D eigenvalue weighted by molar-refractivity contribution is 0.0760. The Balaban J connectivity index is 1.43. The number of thiazole rings is 1. The van der Waals surface area contributed by atoms with E-state index in [1.807, 2.05) is 23.1 Å². The molecule has 0 radical (unpaired) electrons. The molecule has 3 aromatic rings. The second kappa shape index (κ2) is 8.40. The van der Waals surface area contributed by atoms with Crippen LogP contribution in [0.15, 0.2) is 34.3 Å². The van der Waals surface area contributed by atoms with Gasteiger partial charge in [0.25, 0.3) is 5.91 Å². The van der Waals surface area contributed by atoms with Gasteiger partial charge in [-0.05, 0) is 24.6 Å². The molecule has 4 rings (SSSR count). The van der Waals surface area contributed by atoms with Crippen LogP contribution in [0.2, 0.25) is 0 Å². The summed E-state index contributed by atoms with van der Waals surface area (Å²) in [6.45, 7) is 10.7. The largest absolute Gasteiger partial charge is 0.496 e. The van der Waals surface area contributed by atoms with Crippen LogP contribution in [0.25, 0.3) is 11.0 Å². The number of carbonyl (C=O) groups excluding carboxylic acids is 1. The number of amides is 1. The molecule has 0 N–H and O–H groups in total. The zero-order chi connectivity index (χ0) is 21.3. The first-order valence-electron chi connectivity index (χ1n) is 10.4. The Morgan fingerprint density at radius 3 is 2.80 bits per heavy atom. The Morgan fingerprint density at radius 1 is 1.23 bits per heavy atom. The van der Waals surface area contributed by atoms with Gasteiger partial charge in [-0.1, -0.05) is 20.8 Å². The quantitative estimate of drug-likeness (QED) is 0.612. The number of carbonyl (C=O) groups is 1. The zero-order valence-corrected chi connectivity index (χ0v) is 18.9. The Hall–Kier alpha value is -2.38. The van der Waals surface area contributed by atoms with Gasteiger partial charge in [0.05, 0.1) is 29.5 Å². The maximum Gasteiger partial charge on any atom is 0.254 e. The van der Waals surface area contributed by atoms with Gasteiger partial charge in [0, 0.05) is 49.1 Å². The van der Waals surface area contributed by atoms with Crippen molar-refractivity contribution in [2.45, 2.75) is 39.2 Å². The van der Waals surface area contributed by atoms with Crippen molar-refractivity contribution in [1.29, 1.82) is 0 Å². The van der Waals surface area contributed by atoms with Gasteiger partial charge in [-0.25, -0.2) is 4.98 Å². The van der Waals surface area contributed by atoms with Crippen molar-refractivity contribution in [3.8, 4) is 5.75 Å². The lowest BCUT2D eigenvalue weighted by atomic mass is 9.98. The highest BCUT2D eigenvalue weighted by atomic mass is 32.1. The first-order chi connectivity index (χ1) is 14.3. The molecule has 160 valence electrons. The number of methoxy groups -OCH3 is 1. The minimum Gasteiger partial charge on any atom is -0.496 e. The molecule has 0 saturated carbocycles. The number of hydrogen-bond acceptors (Lipinski definition) is 6. The summed E-state index contributed by atoms with van der Waals surface area (Å²) in [4.78, 5) is 22.3. The molecule has 2 aromatic heterocycles. The minimum atomic E-state index is 0.0251. The molecule has 1 fully saturated rings. The highest BCUT2D eigenvalue weighted by molar-refractivity contribution is 7.09. The fraction of sp³-hybridized carbons (Fsp3) is 0.478. The standard InChI is InChI=1S/C23H29N3O3S/c1-23(2,3)22-24-17(15-30-22)14-25-7-5-8-26(10-9-25)21(27)16-12-19(28-4)18-6-11-29-20(18)13-16/h6,11-13,15H,5,7-10,14H2,1-4H3. The van der Waals surface area contributed by atoms with Crippen molar-refractivity contribution >= 4 is 28.2 Å². The Morgan fingerprint density at radius 2 is 2.07 bits per heavy atom. The monoisotopic (exact) mass is 427 g/mol. The number of rotatable bonds is 4. The highest BCUT2D eigenvalue weighted by Crippen LogP contribution is 2.29. The average molecular weight is 428 g/mol. The van der Waals surface area contributed by atoms with E-state index >= 15 is 0 Å². The van der Waals surface area contributed by atoms with Gasteiger partial charge in [0.15, 0.2) is 0 Å². The molecule has 1 aliphatic heterocycles. The first kappa shape index (κ1) is 20.9. The summed E-state index contributed by atoms with van der Waals surface area (Å²) < 4.78 is 11.0. The third kappa shape index (κ3) is 4.37. The smallest absolute Gasteiger partial charge is 0.254 e. The fourth-order valence-corrected chi connectivity index (χ4v) is 4.70. The number of aromatic nitrogens is 1. The van der Waals surface area contributed by atoms with E-state index in [1.165, 1.54) is 5.01 Å². The number of furan rings is 1. The third-order valence-electron chi connectivity index (χ3n) is 5.46. The Kier molecular flexibility index (Phi) is 5.84. The molecule has 7 heteroatoms. The summed E-state index contributed by atoms with van der Waals surface area (Å²) in [5, 5.41) is 4.22. The van der Waals surface area contributed by atoms with Crippen LogP contribution in [0.1, 0.15) is 48.3 Å². The number of hydrogen-bond donors (Lipinski definition) is 0. The maximum absolute atomic E-state index is 13.2. The van der Waals surface area contributed by atoms with Gasteiger partial charge in [-0.2, -0.15) is 0 Å². The van der Waals surface area contributed by atoms with Crippen LogP contribution >= 0.6 is 11.3 Å². The Bertz CT molecular complexity index is 1030. The minimum absolute atomic E-state index is 0.0251. The second-order valence-electron chi connectivity index (χ2n) is 8.83. The predicted octanol–water partition coefficient (Wildman–Crippen LogP) is 4.54. The van der Waals surface area contributed by atoms with E-state index in [4.69, 9.17) is 14.1 Å². The summed E-state index contributed by atoms with van der Waals surface area (Å²) >= 11 is 1.74. The van der Waals surface area contributed by atoms with Crippen LogP contribution in [0.5, 0.6) is 5.75 Å². The summed E-state index contributed by atoms with van der Waals surface area (Å²) in [6, 6.07) is 5.48. The van der Waals surface area contributed by atoms with Crippen molar-refractivity contribution in [2.75, 3.05) is 33.3 Å². The van der Waals surface area contributed by atoms with Gasteiger partial charge in [-0.15, -0.1) is 11.3 Å². The summed E-state index contributed by atoms with van der Waals surface area (Å²) in [6.07, 6.45) is 2.57. The predicted molar refractivity (Wildman–Crippen MR) is 119 cm³/mol. The van der Waals surface area contributed by atoms with Crippen LogP contribution in [0.3, 0.4) is 0 Å². The van der Waals surface area contributed by atoms with Gasteiger partial charge < -0.3 is 14.1 Å². The molecule has 1 saturated heterocycles. The number of benzene rings is 1. The number of ether oxygens (including phenoxy) is 1. The number of nitrogens with zero attached hydrogens (tertiary/aromatic N) is 3. The van der Waals surface area contributed by atoms with Crippen molar-refractivity contribution < 1.29 is 13.9 Å². The van der Waals surface area contributed by atoms with Gasteiger partial charge in [-0.3, -0.25) is 9.69 Å². The SMILES string of the molecule is COc1cc(C(=O)N2CCCN(Cc3csc(C(C)(C)C)n3)CC2)cc2occc12. The fourth-order valence-electron chi connectivity index (χ4n) is 3.80. The van der Waals surface area contributed by atoms with E-state index in [2.05, 4.69) is 31.1 Å². The summed E-state index contributed by atoms with van der Waals surface area (Å²) in [7, 11) is 1.61. The molecule has 0 aliphatic carbocycles. The first-order valence-corrected chi connectivity index (χ1v) is 11.2. The van der Waals surface area contributed by atoms with Crippen LogP contribution < -0.4 is 4.74 Å².